The third-order valence-electron chi connectivity index (χ3n) is 3.18. The van der Waals surface area contributed by atoms with Crippen molar-refractivity contribution in [2.24, 2.45) is 4.99 Å². The molecule has 2 aliphatic rings. The van der Waals surface area contributed by atoms with Crippen molar-refractivity contribution in [2.75, 3.05) is 6.54 Å². The number of fused-ring (bicyclic) bond motifs is 2. The van der Waals surface area contributed by atoms with Crippen molar-refractivity contribution in [1.29, 1.82) is 0 Å². The van der Waals surface area contributed by atoms with Crippen LogP contribution in [0.4, 0.5) is 5.69 Å². The Morgan fingerprint density at radius 1 is 1.36 bits per heavy atom. The van der Waals surface area contributed by atoms with E-state index in [4.69, 9.17) is 4.99 Å². The minimum absolute atomic E-state index is 1.07. The minimum Gasteiger partial charge on any atom is -0.356 e. The predicted octanol–water partition coefficient (Wildman–Crippen LogP) is 2.63. The topological polar surface area (TPSA) is 15.6 Å². The van der Waals surface area contributed by atoms with E-state index < -0.39 is 0 Å². The van der Waals surface area contributed by atoms with Crippen molar-refractivity contribution < 1.29 is 0 Å². The van der Waals surface area contributed by atoms with Gasteiger partial charge in [-0.2, -0.15) is 0 Å². The van der Waals surface area contributed by atoms with Crippen LogP contribution in [0.25, 0.3) is 0 Å². The zero-order valence-electron chi connectivity index (χ0n) is 8.45. The van der Waals surface area contributed by atoms with Gasteiger partial charge in [-0.15, -0.1) is 0 Å². The lowest BCUT2D eigenvalue weighted by atomic mass is 10.0. The van der Waals surface area contributed by atoms with Gasteiger partial charge in [-0.3, -0.25) is 0 Å². The summed E-state index contributed by atoms with van der Waals surface area (Å²) in [6.07, 6.45) is 2.43. The van der Waals surface area contributed by atoms with Gasteiger partial charge in [-0.1, -0.05) is 12.1 Å². The van der Waals surface area contributed by atoms with Crippen LogP contribution < -0.4 is 0 Å². The molecule has 0 saturated carbocycles. The maximum atomic E-state index is 4.71. The average molecular weight is 186 g/mol. The van der Waals surface area contributed by atoms with Crippen LogP contribution in [-0.4, -0.2) is 17.3 Å². The molecule has 0 radical (unpaired) electrons. The van der Waals surface area contributed by atoms with Gasteiger partial charge in [0.2, 0.25) is 0 Å². The normalized spacial score (nSPS) is 18.9. The van der Waals surface area contributed by atoms with Crippen LogP contribution in [0.5, 0.6) is 0 Å². The van der Waals surface area contributed by atoms with E-state index >= 15 is 0 Å². The first-order valence-electron chi connectivity index (χ1n) is 5.25. The van der Waals surface area contributed by atoms with Crippen LogP contribution in [0.15, 0.2) is 23.2 Å². The molecule has 1 fully saturated rings. The Morgan fingerprint density at radius 3 is 3.21 bits per heavy atom. The fraction of sp³-hybridized carbons (Fsp3) is 0.417. The van der Waals surface area contributed by atoms with Crippen molar-refractivity contribution >= 4 is 11.5 Å². The highest BCUT2D eigenvalue weighted by atomic mass is 15.2. The first-order valence-corrected chi connectivity index (χ1v) is 5.25. The average Bonchev–Trinajstić information content (AvgIpc) is 2.62. The number of rotatable bonds is 0. The van der Waals surface area contributed by atoms with Crippen LogP contribution in [0, 0.1) is 6.92 Å². The third kappa shape index (κ3) is 1.07. The number of aryl methyl sites for hydroxylation is 1. The molecule has 0 aliphatic carbocycles. The molecule has 14 heavy (non-hydrogen) atoms. The standard InChI is InChI=1S/C12H14N2/c1-9-4-2-5-11-10(9)8-14-7-3-6-12(14)13-11/h2,4-5H,3,6-8H2,1H3. The quantitative estimate of drug-likeness (QED) is 0.608. The van der Waals surface area contributed by atoms with Crippen molar-refractivity contribution in [3.05, 3.63) is 29.3 Å². The van der Waals surface area contributed by atoms with E-state index in [1.54, 1.807) is 0 Å². The zero-order chi connectivity index (χ0) is 9.54. The van der Waals surface area contributed by atoms with E-state index in [2.05, 4.69) is 30.0 Å². The number of nitrogens with zero attached hydrogens (tertiary/aromatic N) is 2. The molecule has 2 heteroatoms. The molecule has 0 amide bonds. The molecule has 2 heterocycles. The number of amidine groups is 1. The van der Waals surface area contributed by atoms with Crippen molar-refractivity contribution in [2.45, 2.75) is 26.3 Å². The Hall–Kier alpha value is -1.31. The number of benzene rings is 1. The molecule has 0 spiro atoms. The molecule has 3 rings (SSSR count). The molecule has 0 N–H and O–H groups in total. The van der Waals surface area contributed by atoms with Gasteiger partial charge in [-0.25, -0.2) is 4.99 Å². The van der Waals surface area contributed by atoms with Gasteiger partial charge in [0.05, 0.1) is 5.69 Å². The molecule has 1 aromatic carbocycles. The first-order chi connectivity index (χ1) is 6.84. The highest BCUT2D eigenvalue weighted by molar-refractivity contribution is 5.88. The fourth-order valence-corrected chi connectivity index (χ4v) is 2.34. The van der Waals surface area contributed by atoms with Crippen molar-refractivity contribution in [1.82, 2.24) is 4.90 Å². The highest BCUT2D eigenvalue weighted by Crippen LogP contribution is 2.31. The minimum atomic E-state index is 1.07. The molecular formula is C12H14N2. The fourth-order valence-electron chi connectivity index (χ4n) is 2.34. The van der Waals surface area contributed by atoms with E-state index in [1.165, 1.54) is 35.6 Å². The van der Waals surface area contributed by atoms with Crippen LogP contribution in [0.1, 0.15) is 24.0 Å². The Labute approximate surface area is 84.3 Å². The summed E-state index contributed by atoms with van der Waals surface area (Å²) in [5, 5.41) is 0. The van der Waals surface area contributed by atoms with Gasteiger partial charge in [-0.05, 0) is 25.0 Å². The summed E-state index contributed by atoms with van der Waals surface area (Å²) in [6.45, 7) is 4.43. The summed E-state index contributed by atoms with van der Waals surface area (Å²) in [5.74, 6) is 1.29. The predicted molar refractivity (Wildman–Crippen MR) is 57.9 cm³/mol. The van der Waals surface area contributed by atoms with Gasteiger partial charge < -0.3 is 4.90 Å². The molecule has 0 unspecified atom stereocenters. The molecule has 2 nitrogen and oxygen atoms in total. The van der Waals surface area contributed by atoms with Crippen LogP contribution in [0.2, 0.25) is 0 Å². The Morgan fingerprint density at radius 2 is 2.29 bits per heavy atom. The summed E-state index contributed by atoms with van der Waals surface area (Å²) in [4.78, 5) is 7.12. The Kier molecular flexibility index (Phi) is 1.63. The number of hydrogen-bond donors (Lipinski definition) is 0. The summed E-state index contributed by atoms with van der Waals surface area (Å²) >= 11 is 0. The van der Waals surface area contributed by atoms with E-state index in [0.29, 0.717) is 0 Å². The second kappa shape index (κ2) is 2.84. The molecule has 0 aromatic heterocycles. The monoisotopic (exact) mass is 186 g/mol. The number of hydrogen-bond acceptors (Lipinski definition) is 2. The SMILES string of the molecule is Cc1cccc2c1CN1CCCC1=N2. The Balaban J connectivity index is 2.13. The molecule has 2 aliphatic heterocycles. The first kappa shape index (κ1) is 8.04. The molecule has 0 atom stereocenters. The lowest BCUT2D eigenvalue weighted by molar-refractivity contribution is 0.442. The van der Waals surface area contributed by atoms with E-state index in [-0.39, 0.29) is 0 Å². The van der Waals surface area contributed by atoms with Gasteiger partial charge in [0.15, 0.2) is 0 Å². The summed E-state index contributed by atoms with van der Waals surface area (Å²) in [7, 11) is 0. The molecule has 1 saturated heterocycles. The molecule has 0 bridgehead atoms. The molecular weight excluding hydrogens is 172 g/mol. The van der Waals surface area contributed by atoms with Gasteiger partial charge in [0, 0.05) is 25.1 Å². The van der Waals surface area contributed by atoms with Gasteiger partial charge in [0.1, 0.15) is 5.84 Å². The van der Waals surface area contributed by atoms with Crippen molar-refractivity contribution in [3.8, 4) is 0 Å². The van der Waals surface area contributed by atoms with Gasteiger partial charge >= 0.3 is 0 Å². The zero-order valence-corrected chi connectivity index (χ0v) is 8.45. The third-order valence-corrected chi connectivity index (χ3v) is 3.18. The molecule has 1 aromatic rings. The van der Waals surface area contributed by atoms with E-state index in [1.807, 2.05) is 0 Å². The molecule has 72 valence electrons. The maximum absolute atomic E-state index is 4.71. The van der Waals surface area contributed by atoms with E-state index in [9.17, 15) is 0 Å². The summed E-state index contributed by atoms with van der Waals surface area (Å²) in [6, 6.07) is 6.41. The van der Waals surface area contributed by atoms with Crippen LogP contribution >= 0.6 is 0 Å². The Bertz CT molecular complexity index is 407. The second-order valence-electron chi connectivity index (χ2n) is 4.13. The lowest BCUT2D eigenvalue weighted by Crippen LogP contribution is -2.27. The largest absolute Gasteiger partial charge is 0.356 e. The van der Waals surface area contributed by atoms with Crippen molar-refractivity contribution in [3.63, 3.8) is 0 Å². The lowest BCUT2D eigenvalue weighted by Gasteiger charge is -2.25. The summed E-state index contributed by atoms with van der Waals surface area (Å²) < 4.78 is 0. The summed E-state index contributed by atoms with van der Waals surface area (Å²) in [5.41, 5.74) is 3.98. The van der Waals surface area contributed by atoms with Crippen LogP contribution in [-0.2, 0) is 6.54 Å². The van der Waals surface area contributed by atoms with E-state index in [0.717, 1.165) is 13.0 Å². The van der Waals surface area contributed by atoms with Gasteiger partial charge in [0.25, 0.3) is 0 Å². The van der Waals surface area contributed by atoms with Crippen LogP contribution in [0.3, 0.4) is 0 Å². The number of aliphatic imine (C=N–C) groups is 1. The second-order valence-corrected chi connectivity index (χ2v) is 4.13. The smallest absolute Gasteiger partial charge is 0.105 e. The highest BCUT2D eigenvalue weighted by Gasteiger charge is 2.24. The maximum Gasteiger partial charge on any atom is 0.105 e.